The van der Waals surface area contributed by atoms with Crippen LogP contribution in [0.15, 0.2) is 12.1 Å². The van der Waals surface area contributed by atoms with E-state index in [9.17, 15) is 9.18 Å². The lowest BCUT2D eigenvalue weighted by atomic mass is 9.94. The molecule has 0 aliphatic rings. The number of benzene rings is 1. The zero-order valence-corrected chi connectivity index (χ0v) is 14.1. The van der Waals surface area contributed by atoms with Crippen LogP contribution in [0.4, 0.5) is 4.39 Å². The number of rotatable bonds is 10. The molecule has 124 valence electrons. The zero-order valence-electron chi connectivity index (χ0n) is 14.1. The molecule has 0 fully saturated rings. The number of Topliss-reactive ketones (excluding diaryl/α,β-unsaturated/α-hetero) is 1. The molecule has 1 aromatic carbocycles. The Labute approximate surface area is 132 Å². The van der Waals surface area contributed by atoms with Gasteiger partial charge in [-0.15, -0.1) is 0 Å². The highest BCUT2D eigenvalue weighted by atomic mass is 19.1. The largest absolute Gasteiger partial charge is 0.490 e. The van der Waals surface area contributed by atoms with Crippen molar-refractivity contribution in [1.29, 1.82) is 0 Å². The average Bonchev–Trinajstić information content (AvgIpc) is 2.49. The fraction of sp³-hybridized carbons (Fsp3) is 0.611. The van der Waals surface area contributed by atoms with Gasteiger partial charge in [0.15, 0.2) is 11.5 Å². The van der Waals surface area contributed by atoms with E-state index >= 15 is 0 Å². The van der Waals surface area contributed by atoms with Crippen molar-refractivity contribution in [3.05, 3.63) is 23.5 Å². The third-order valence-electron chi connectivity index (χ3n) is 3.45. The van der Waals surface area contributed by atoms with Crippen LogP contribution in [0.3, 0.4) is 0 Å². The Morgan fingerprint density at radius 2 is 1.68 bits per heavy atom. The third kappa shape index (κ3) is 5.66. The Morgan fingerprint density at radius 3 is 2.18 bits per heavy atom. The summed E-state index contributed by atoms with van der Waals surface area (Å²) in [6, 6.07) is 3.13. The van der Waals surface area contributed by atoms with Crippen molar-refractivity contribution in [3.63, 3.8) is 0 Å². The van der Waals surface area contributed by atoms with E-state index in [1.54, 1.807) is 13.0 Å². The lowest BCUT2D eigenvalue weighted by Gasteiger charge is -2.17. The van der Waals surface area contributed by atoms with Crippen LogP contribution in [0.5, 0.6) is 11.5 Å². The monoisotopic (exact) mass is 310 g/mol. The molecule has 0 spiro atoms. The van der Waals surface area contributed by atoms with Gasteiger partial charge >= 0.3 is 0 Å². The van der Waals surface area contributed by atoms with Gasteiger partial charge in [0.25, 0.3) is 0 Å². The summed E-state index contributed by atoms with van der Waals surface area (Å²) in [4.78, 5) is 11.1. The van der Waals surface area contributed by atoms with Gasteiger partial charge in [-0.3, -0.25) is 0 Å². The molecule has 3 nitrogen and oxygen atoms in total. The highest BCUT2D eigenvalue weighted by molar-refractivity contribution is 5.75. The van der Waals surface area contributed by atoms with E-state index < -0.39 is 0 Å². The van der Waals surface area contributed by atoms with Gasteiger partial charge in [-0.25, -0.2) is 4.39 Å². The number of carbonyl (C=O) groups is 1. The first kappa shape index (κ1) is 18.5. The number of ether oxygens (including phenoxy) is 2. The molecule has 1 rings (SSSR count). The molecule has 0 saturated carbocycles. The van der Waals surface area contributed by atoms with Gasteiger partial charge in [0, 0.05) is 12.5 Å². The summed E-state index contributed by atoms with van der Waals surface area (Å²) in [5.41, 5.74) is 0.580. The molecule has 0 amide bonds. The lowest BCUT2D eigenvalue weighted by molar-refractivity contribution is -0.117. The minimum Gasteiger partial charge on any atom is -0.490 e. The van der Waals surface area contributed by atoms with Crippen molar-refractivity contribution in [2.75, 3.05) is 13.2 Å². The van der Waals surface area contributed by atoms with E-state index in [1.807, 2.05) is 20.8 Å². The first-order chi connectivity index (χ1) is 10.5. The van der Waals surface area contributed by atoms with Crippen LogP contribution in [0.1, 0.15) is 64.9 Å². The molecular formula is C18H27FO3. The summed E-state index contributed by atoms with van der Waals surface area (Å²) in [6.45, 7) is 8.60. The topological polar surface area (TPSA) is 35.5 Å². The van der Waals surface area contributed by atoms with Crippen LogP contribution in [-0.4, -0.2) is 19.0 Å². The Bertz CT molecular complexity index is 485. The van der Waals surface area contributed by atoms with Crippen LogP contribution in [0.25, 0.3) is 0 Å². The van der Waals surface area contributed by atoms with E-state index in [4.69, 9.17) is 9.47 Å². The molecule has 4 heteroatoms. The molecule has 1 aromatic rings. The molecule has 1 atom stereocenters. The Balaban J connectivity index is 2.99. The average molecular weight is 310 g/mol. The van der Waals surface area contributed by atoms with Crippen LogP contribution >= 0.6 is 0 Å². The second kappa shape index (κ2) is 9.44. The number of ketones is 1. The number of hydrogen-bond donors (Lipinski definition) is 0. The second-order valence-electron chi connectivity index (χ2n) is 5.66. The van der Waals surface area contributed by atoms with Crippen molar-refractivity contribution >= 4 is 5.78 Å². The van der Waals surface area contributed by atoms with Crippen molar-refractivity contribution in [1.82, 2.24) is 0 Å². The Kier molecular flexibility index (Phi) is 7.92. The molecule has 0 bridgehead atoms. The van der Waals surface area contributed by atoms with Gasteiger partial charge in [0.05, 0.1) is 13.2 Å². The predicted molar refractivity (Wildman–Crippen MR) is 86.3 cm³/mol. The second-order valence-corrected chi connectivity index (χ2v) is 5.66. The summed E-state index contributed by atoms with van der Waals surface area (Å²) < 4.78 is 25.6. The molecule has 0 aliphatic carbocycles. The lowest BCUT2D eigenvalue weighted by Crippen LogP contribution is -2.06. The third-order valence-corrected chi connectivity index (χ3v) is 3.45. The SMILES string of the molecule is CCCOc1cc(F)c(C(C)CCC(C)=O)cc1OCCC. The fourth-order valence-electron chi connectivity index (χ4n) is 2.15. The van der Waals surface area contributed by atoms with E-state index in [2.05, 4.69) is 0 Å². The first-order valence-corrected chi connectivity index (χ1v) is 8.08. The zero-order chi connectivity index (χ0) is 16.5. The molecule has 1 unspecified atom stereocenters. The Hall–Kier alpha value is -1.58. The summed E-state index contributed by atoms with van der Waals surface area (Å²) in [5.74, 6) is 0.827. The first-order valence-electron chi connectivity index (χ1n) is 8.08. The van der Waals surface area contributed by atoms with E-state index in [0.29, 0.717) is 43.1 Å². The molecule has 0 heterocycles. The van der Waals surface area contributed by atoms with Gasteiger partial charge in [0.1, 0.15) is 11.6 Å². The van der Waals surface area contributed by atoms with Gasteiger partial charge in [-0.2, -0.15) is 0 Å². The van der Waals surface area contributed by atoms with Crippen molar-refractivity contribution in [2.45, 2.75) is 59.3 Å². The minimum atomic E-state index is -0.300. The minimum absolute atomic E-state index is 0.0342. The highest BCUT2D eigenvalue weighted by Gasteiger charge is 2.17. The van der Waals surface area contributed by atoms with Crippen molar-refractivity contribution in [2.24, 2.45) is 0 Å². The smallest absolute Gasteiger partial charge is 0.164 e. The molecule has 0 radical (unpaired) electrons. The van der Waals surface area contributed by atoms with E-state index in [1.165, 1.54) is 6.07 Å². The molecule has 0 saturated heterocycles. The maximum atomic E-state index is 14.3. The maximum Gasteiger partial charge on any atom is 0.164 e. The standard InChI is InChI=1S/C18H27FO3/c1-5-9-21-17-11-15(13(3)7-8-14(4)20)16(19)12-18(17)22-10-6-2/h11-13H,5-10H2,1-4H3. The van der Waals surface area contributed by atoms with Gasteiger partial charge < -0.3 is 14.3 Å². The van der Waals surface area contributed by atoms with Crippen LogP contribution in [0.2, 0.25) is 0 Å². The fourth-order valence-corrected chi connectivity index (χ4v) is 2.15. The van der Waals surface area contributed by atoms with E-state index in [-0.39, 0.29) is 17.5 Å². The van der Waals surface area contributed by atoms with Gasteiger partial charge in [0.2, 0.25) is 0 Å². The summed E-state index contributed by atoms with van der Waals surface area (Å²) in [7, 11) is 0. The maximum absolute atomic E-state index is 14.3. The van der Waals surface area contributed by atoms with Crippen LogP contribution < -0.4 is 9.47 Å². The number of hydrogen-bond acceptors (Lipinski definition) is 3. The molecule has 0 N–H and O–H groups in total. The molecule has 0 aromatic heterocycles. The van der Waals surface area contributed by atoms with Crippen LogP contribution in [-0.2, 0) is 4.79 Å². The van der Waals surface area contributed by atoms with Crippen molar-refractivity contribution < 1.29 is 18.7 Å². The number of halogens is 1. The Morgan fingerprint density at radius 1 is 1.14 bits per heavy atom. The molecular weight excluding hydrogens is 283 g/mol. The number of carbonyl (C=O) groups excluding carboxylic acids is 1. The summed E-state index contributed by atoms with van der Waals surface area (Å²) >= 11 is 0. The van der Waals surface area contributed by atoms with Gasteiger partial charge in [-0.1, -0.05) is 20.8 Å². The summed E-state index contributed by atoms with van der Waals surface area (Å²) in [6.07, 6.45) is 2.82. The highest BCUT2D eigenvalue weighted by Crippen LogP contribution is 2.35. The van der Waals surface area contributed by atoms with Crippen LogP contribution in [0, 0.1) is 5.82 Å². The van der Waals surface area contributed by atoms with Crippen molar-refractivity contribution in [3.8, 4) is 11.5 Å². The van der Waals surface area contributed by atoms with E-state index in [0.717, 1.165) is 12.8 Å². The molecule has 22 heavy (non-hydrogen) atoms. The predicted octanol–water partition coefficient (Wildman–Crippen LogP) is 4.88. The summed E-state index contributed by atoms with van der Waals surface area (Å²) in [5, 5.41) is 0. The van der Waals surface area contributed by atoms with Gasteiger partial charge in [-0.05, 0) is 43.7 Å². The normalized spacial score (nSPS) is 12.0. The molecule has 0 aliphatic heterocycles. The quantitative estimate of drug-likeness (QED) is 0.618.